The van der Waals surface area contributed by atoms with Crippen LogP contribution in [-0.4, -0.2) is 61.9 Å². The lowest BCUT2D eigenvalue weighted by molar-refractivity contribution is -0.179. The number of methoxy groups -OCH3 is 1. The quantitative estimate of drug-likeness (QED) is 0.372. The Morgan fingerprint density at radius 1 is 1.15 bits per heavy atom. The van der Waals surface area contributed by atoms with Crippen molar-refractivity contribution in [2.24, 2.45) is 17.3 Å². The number of ether oxygens (including phenoxy) is 3. The lowest BCUT2D eigenvalue weighted by atomic mass is 9.93. The van der Waals surface area contributed by atoms with Crippen molar-refractivity contribution in [2.75, 3.05) is 13.7 Å². The molecule has 0 aromatic heterocycles. The third kappa shape index (κ3) is 9.66. The van der Waals surface area contributed by atoms with Crippen molar-refractivity contribution < 1.29 is 38.2 Å². The van der Waals surface area contributed by atoms with Crippen LogP contribution in [0.2, 0.25) is 5.02 Å². The number of cyclic esters (lactones) is 2. The number of rotatable bonds is 7. The van der Waals surface area contributed by atoms with Gasteiger partial charge in [0.25, 0.3) is 0 Å². The lowest BCUT2D eigenvalue weighted by Crippen LogP contribution is -2.51. The second-order valence-electron chi connectivity index (χ2n) is 11.0. The first-order valence-electron chi connectivity index (χ1n) is 13.2. The summed E-state index contributed by atoms with van der Waals surface area (Å²) in [6.45, 7) is 8.36. The second-order valence-corrected chi connectivity index (χ2v) is 11.4. The van der Waals surface area contributed by atoms with Gasteiger partial charge in [-0.3, -0.25) is 14.4 Å². The first-order valence-corrected chi connectivity index (χ1v) is 13.6. The third-order valence-corrected chi connectivity index (χ3v) is 6.75. The summed E-state index contributed by atoms with van der Waals surface area (Å²) in [4.78, 5) is 63.7. The van der Waals surface area contributed by atoms with Crippen LogP contribution < -0.4 is 15.4 Å². The number of amides is 2. The van der Waals surface area contributed by atoms with Gasteiger partial charge in [-0.15, -0.1) is 0 Å². The van der Waals surface area contributed by atoms with E-state index in [-0.39, 0.29) is 31.7 Å². The number of benzene rings is 1. The van der Waals surface area contributed by atoms with Gasteiger partial charge in [-0.05, 0) is 50.0 Å². The molecule has 11 heteroatoms. The molecular formula is C29H39ClN2O8. The van der Waals surface area contributed by atoms with Gasteiger partial charge in [-0.2, -0.15) is 0 Å². The van der Waals surface area contributed by atoms with Gasteiger partial charge < -0.3 is 29.6 Å². The number of halogens is 1. The van der Waals surface area contributed by atoms with Crippen molar-refractivity contribution >= 4 is 41.6 Å². The topological polar surface area (TPSA) is 137 Å². The van der Waals surface area contributed by atoms with Gasteiger partial charge in [0.05, 0.1) is 17.5 Å². The number of hydrogen-bond acceptors (Lipinski definition) is 8. The summed E-state index contributed by atoms with van der Waals surface area (Å²) in [5.41, 5.74) is -0.540. The molecule has 0 spiro atoms. The molecule has 220 valence electrons. The van der Waals surface area contributed by atoms with Gasteiger partial charge in [-0.25, -0.2) is 4.79 Å². The van der Waals surface area contributed by atoms with E-state index < -0.39 is 53.3 Å². The zero-order valence-electron chi connectivity index (χ0n) is 23.8. The minimum absolute atomic E-state index is 0.00323. The van der Waals surface area contributed by atoms with E-state index in [0.29, 0.717) is 22.6 Å². The average Bonchev–Trinajstić information content (AvgIpc) is 2.89. The van der Waals surface area contributed by atoms with E-state index in [4.69, 9.17) is 25.8 Å². The number of carbonyl (C=O) groups excluding carboxylic acids is 5. The SMILES string of the molecule is COc1ccc(CC2NC(=O)/C=C/C[C@@H]([C@H](C)C=O)OC(=O)[C@H](CC(C)C)OC(=O)C(C)(C)CNC2=O)cc1Cl. The van der Waals surface area contributed by atoms with Gasteiger partial charge in [0, 0.05) is 25.3 Å². The molecule has 1 aromatic carbocycles. The Morgan fingerprint density at radius 2 is 1.85 bits per heavy atom. The van der Waals surface area contributed by atoms with Crippen molar-refractivity contribution in [3.63, 3.8) is 0 Å². The second kappa shape index (κ2) is 14.8. The average molecular weight is 579 g/mol. The van der Waals surface area contributed by atoms with Crippen LogP contribution in [0.1, 0.15) is 53.0 Å². The minimum Gasteiger partial charge on any atom is -0.495 e. The summed E-state index contributed by atoms with van der Waals surface area (Å²) in [7, 11) is 1.49. The van der Waals surface area contributed by atoms with Gasteiger partial charge in [0.1, 0.15) is 24.2 Å². The summed E-state index contributed by atoms with van der Waals surface area (Å²) in [5, 5.41) is 5.74. The third-order valence-electron chi connectivity index (χ3n) is 6.45. The Morgan fingerprint density at radius 3 is 2.45 bits per heavy atom. The fraction of sp³-hybridized carbons (Fsp3) is 0.552. The van der Waals surface area contributed by atoms with Crippen molar-refractivity contribution in [1.82, 2.24) is 10.6 Å². The Balaban J connectivity index is 2.41. The standard InChI is InChI=1S/C29H39ClN2O8/c1-17(2)12-24-27(36)39-22(18(3)15-33)8-7-9-25(34)32-21(14-19-10-11-23(38-6)20(30)13-19)26(35)31-16-29(4,5)28(37)40-24/h7,9-11,13,15,17-18,21-22,24H,8,12,14,16H2,1-6H3,(H,31,35)(H,32,34)/b9-7+/t18-,21?,22+,24+/m1/s1. The highest BCUT2D eigenvalue weighted by Crippen LogP contribution is 2.26. The van der Waals surface area contributed by atoms with Crippen molar-refractivity contribution in [3.05, 3.63) is 40.9 Å². The molecule has 2 rings (SSSR count). The van der Waals surface area contributed by atoms with Crippen LogP contribution in [0.4, 0.5) is 0 Å². The molecule has 1 unspecified atom stereocenters. The van der Waals surface area contributed by atoms with Crippen molar-refractivity contribution in [2.45, 2.75) is 72.1 Å². The number of nitrogens with one attached hydrogen (secondary N) is 2. The van der Waals surface area contributed by atoms with E-state index in [9.17, 15) is 24.0 Å². The molecule has 40 heavy (non-hydrogen) atoms. The molecule has 0 saturated carbocycles. The molecule has 0 saturated heterocycles. The first kappa shape index (κ1) is 32.8. The largest absolute Gasteiger partial charge is 0.495 e. The summed E-state index contributed by atoms with van der Waals surface area (Å²) in [6.07, 6.45) is 1.63. The molecule has 10 nitrogen and oxygen atoms in total. The molecular weight excluding hydrogens is 540 g/mol. The predicted octanol–water partition coefficient (Wildman–Crippen LogP) is 3.18. The Hall–Kier alpha value is -3.40. The molecule has 0 radical (unpaired) electrons. The Kier molecular flexibility index (Phi) is 12.2. The van der Waals surface area contributed by atoms with E-state index in [2.05, 4.69) is 10.6 Å². The highest BCUT2D eigenvalue weighted by Gasteiger charge is 2.37. The minimum atomic E-state index is -1.21. The van der Waals surface area contributed by atoms with Crippen LogP contribution in [0, 0.1) is 17.3 Å². The first-order chi connectivity index (χ1) is 18.8. The zero-order valence-corrected chi connectivity index (χ0v) is 24.6. The Bertz CT molecular complexity index is 1120. The molecule has 2 N–H and O–H groups in total. The van der Waals surface area contributed by atoms with E-state index in [1.54, 1.807) is 39.0 Å². The molecule has 0 aliphatic carbocycles. The molecule has 1 aliphatic heterocycles. The fourth-order valence-corrected chi connectivity index (χ4v) is 4.19. The maximum Gasteiger partial charge on any atom is 0.347 e. The van der Waals surface area contributed by atoms with Gasteiger partial charge in [0.2, 0.25) is 11.8 Å². The Labute approximate surface area is 240 Å². The molecule has 1 aliphatic rings. The predicted molar refractivity (Wildman–Crippen MR) is 149 cm³/mol. The zero-order chi connectivity index (χ0) is 30.0. The number of hydrogen-bond donors (Lipinski definition) is 2. The summed E-state index contributed by atoms with van der Waals surface area (Å²) in [5.74, 6) is -2.78. The summed E-state index contributed by atoms with van der Waals surface area (Å²) in [6, 6.07) is 4.03. The maximum atomic E-state index is 13.2. The number of esters is 2. The van der Waals surface area contributed by atoms with E-state index in [1.807, 2.05) is 13.8 Å². The molecule has 1 aromatic rings. The van der Waals surface area contributed by atoms with Gasteiger partial charge >= 0.3 is 11.9 Å². The smallest absolute Gasteiger partial charge is 0.347 e. The maximum absolute atomic E-state index is 13.2. The van der Waals surface area contributed by atoms with Crippen LogP contribution in [-0.2, 0) is 39.9 Å². The highest BCUT2D eigenvalue weighted by molar-refractivity contribution is 6.32. The van der Waals surface area contributed by atoms with Gasteiger partial charge in [-0.1, -0.05) is 44.5 Å². The molecule has 0 bridgehead atoms. The van der Waals surface area contributed by atoms with Crippen molar-refractivity contribution in [3.8, 4) is 5.75 Å². The van der Waals surface area contributed by atoms with Crippen LogP contribution in [0.5, 0.6) is 5.75 Å². The molecule has 4 atom stereocenters. The van der Waals surface area contributed by atoms with Crippen LogP contribution in [0.25, 0.3) is 0 Å². The number of carbonyl (C=O) groups is 5. The number of aldehydes is 1. The monoisotopic (exact) mass is 578 g/mol. The van der Waals surface area contributed by atoms with Crippen LogP contribution >= 0.6 is 11.6 Å². The molecule has 1 heterocycles. The lowest BCUT2D eigenvalue weighted by Gasteiger charge is -2.29. The fourth-order valence-electron chi connectivity index (χ4n) is 3.91. The highest BCUT2D eigenvalue weighted by atomic mass is 35.5. The van der Waals surface area contributed by atoms with Gasteiger partial charge in [0.15, 0.2) is 6.10 Å². The summed E-state index contributed by atoms with van der Waals surface area (Å²) >= 11 is 6.24. The molecule has 0 fully saturated rings. The van der Waals surface area contributed by atoms with Crippen molar-refractivity contribution in [1.29, 1.82) is 0 Å². The van der Waals surface area contributed by atoms with E-state index in [1.165, 1.54) is 19.3 Å². The van der Waals surface area contributed by atoms with Crippen LogP contribution in [0.15, 0.2) is 30.4 Å². The summed E-state index contributed by atoms with van der Waals surface area (Å²) < 4.78 is 16.4. The van der Waals surface area contributed by atoms with Crippen LogP contribution in [0.3, 0.4) is 0 Å². The molecule has 2 amide bonds. The van der Waals surface area contributed by atoms with E-state index >= 15 is 0 Å². The normalized spacial score (nSPS) is 24.2. The van der Waals surface area contributed by atoms with E-state index in [0.717, 1.165) is 0 Å².